The summed E-state index contributed by atoms with van der Waals surface area (Å²) in [5, 5.41) is 9.92. The molecule has 0 spiro atoms. The molecule has 3 rings (SSSR count). The molecule has 5 heteroatoms. The molecule has 0 unspecified atom stereocenters. The summed E-state index contributed by atoms with van der Waals surface area (Å²) in [7, 11) is 0. The smallest absolute Gasteiger partial charge is 0.319 e. The zero-order valence-corrected chi connectivity index (χ0v) is 14.8. The van der Waals surface area contributed by atoms with Crippen molar-refractivity contribution in [1.82, 2.24) is 5.32 Å². The minimum atomic E-state index is -0.257. The molecule has 2 N–H and O–H groups in total. The molecule has 2 amide bonds. The summed E-state index contributed by atoms with van der Waals surface area (Å²) in [5.74, 6) is 0.666. The van der Waals surface area contributed by atoms with Gasteiger partial charge >= 0.3 is 6.03 Å². The molecule has 3 aromatic rings. The lowest BCUT2D eigenvalue weighted by atomic mass is 10.0. The molecule has 0 aliphatic rings. The minimum Gasteiger partial charge on any atom is -0.492 e. The molecule has 0 fully saturated rings. The van der Waals surface area contributed by atoms with Crippen molar-refractivity contribution in [2.75, 3.05) is 11.9 Å². The summed E-state index contributed by atoms with van der Waals surface area (Å²) in [6.45, 7) is 2.92. The van der Waals surface area contributed by atoms with E-state index in [2.05, 4.69) is 33.5 Å². The van der Waals surface area contributed by atoms with E-state index in [1.807, 2.05) is 49.4 Å². The average molecular weight is 352 g/mol. The van der Waals surface area contributed by atoms with Crippen LogP contribution in [-0.2, 0) is 6.54 Å². The highest BCUT2D eigenvalue weighted by Crippen LogP contribution is 2.26. The first-order valence-electron chi connectivity index (χ1n) is 8.15. The fourth-order valence-corrected chi connectivity index (χ4v) is 3.22. The number of ether oxygens (including phenoxy) is 1. The zero-order valence-electron chi connectivity index (χ0n) is 14.0. The van der Waals surface area contributed by atoms with E-state index in [4.69, 9.17) is 4.74 Å². The normalized spacial score (nSPS) is 10.3. The van der Waals surface area contributed by atoms with Gasteiger partial charge in [0.15, 0.2) is 0 Å². The average Bonchev–Trinajstić information content (AvgIpc) is 3.17. The van der Waals surface area contributed by atoms with Crippen molar-refractivity contribution in [3.05, 3.63) is 70.9 Å². The van der Waals surface area contributed by atoms with Crippen LogP contribution in [0.1, 0.15) is 12.5 Å². The first-order chi connectivity index (χ1) is 12.3. The molecule has 25 heavy (non-hydrogen) atoms. The number of urea groups is 1. The second-order valence-electron chi connectivity index (χ2n) is 5.41. The number of amides is 2. The Labute approximate surface area is 151 Å². The second-order valence-corrected chi connectivity index (χ2v) is 6.19. The van der Waals surface area contributed by atoms with Crippen molar-refractivity contribution in [3.63, 3.8) is 0 Å². The molecule has 1 heterocycles. The van der Waals surface area contributed by atoms with Gasteiger partial charge in [0.2, 0.25) is 0 Å². The van der Waals surface area contributed by atoms with Gasteiger partial charge in [-0.3, -0.25) is 0 Å². The Hall–Kier alpha value is -2.79. The van der Waals surface area contributed by atoms with E-state index in [9.17, 15) is 4.79 Å². The van der Waals surface area contributed by atoms with Gasteiger partial charge in [0.05, 0.1) is 12.3 Å². The van der Waals surface area contributed by atoms with Crippen LogP contribution in [-0.4, -0.2) is 12.6 Å². The quantitative estimate of drug-likeness (QED) is 0.646. The second kappa shape index (κ2) is 8.35. The molecule has 0 bridgehead atoms. The Morgan fingerprint density at radius 2 is 1.88 bits per heavy atom. The van der Waals surface area contributed by atoms with Gasteiger partial charge in [-0.1, -0.05) is 36.4 Å². The number of para-hydroxylation sites is 2. The molecule has 0 saturated carbocycles. The number of benzene rings is 2. The predicted octanol–water partition coefficient (Wildman–Crippen LogP) is 5.14. The Bertz CT molecular complexity index is 831. The molecule has 0 radical (unpaired) electrons. The van der Waals surface area contributed by atoms with Gasteiger partial charge in [-0.05, 0) is 52.6 Å². The molecule has 0 saturated heterocycles. The Morgan fingerprint density at radius 1 is 1.08 bits per heavy atom. The van der Waals surface area contributed by atoms with Crippen LogP contribution in [0.15, 0.2) is 65.4 Å². The van der Waals surface area contributed by atoms with E-state index in [0.29, 0.717) is 24.6 Å². The number of carbonyl (C=O) groups excluding carboxylic acids is 1. The van der Waals surface area contributed by atoms with Gasteiger partial charge in [0.1, 0.15) is 5.75 Å². The van der Waals surface area contributed by atoms with Gasteiger partial charge < -0.3 is 15.4 Å². The summed E-state index contributed by atoms with van der Waals surface area (Å²) >= 11 is 1.66. The minimum absolute atomic E-state index is 0.257. The molecule has 128 valence electrons. The van der Waals surface area contributed by atoms with E-state index >= 15 is 0 Å². The van der Waals surface area contributed by atoms with Crippen molar-refractivity contribution in [1.29, 1.82) is 0 Å². The molecular weight excluding hydrogens is 332 g/mol. The predicted molar refractivity (Wildman–Crippen MR) is 103 cm³/mol. The highest BCUT2D eigenvalue weighted by Gasteiger charge is 2.09. The first-order valence-corrected chi connectivity index (χ1v) is 9.09. The van der Waals surface area contributed by atoms with E-state index in [-0.39, 0.29) is 6.03 Å². The van der Waals surface area contributed by atoms with Crippen molar-refractivity contribution in [2.45, 2.75) is 13.5 Å². The van der Waals surface area contributed by atoms with E-state index in [1.54, 1.807) is 11.3 Å². The third kappa shape index (κ3) is 4.39. The monoisotopic (exact) mass is 352 g/mol. The fraction of sp³-hybridized carbons (Fsp3) is 0.150. The van der Waals surface area contributed by atoms with Crippen LogP contribution in [0.2, 0.25) is 0 Å². The summed E-state index contributed by atoms with van der Waals surface area (Å²) in [4.78, 5) is 12.3. The molecule has 1 aromatic heterocycles. The number of anilines is 1. The molecule has 0 atom stereocenters. The summed E-state index contributed by atoms with van der Waals surface area (Å²) in [5.41, 5.74) is 4.05. The Morgan fingerprint density at radius 3 is 2.68 bits per heavy atom. The van der Waals surface area contributed by atoms with Crippen LogP contribution in [0.25, 0.3) is 11.1 Å². The topological polar surface area (TPSA) is 50.4 Å². The van der Waals surface area contributed by atoms with Gasteiger partial charge in [-0.15, -0.1) is 0 Å². The van der Waals surface area contributed by atoms with Gasteiger partial charge in [0, 0.05) is 6.54 Å². The summed E-state index contributed by atoms with van der Waals surface area (Å²) in [6.07, 6.45) is 0. The van der Waals surface area contributed by atoms with Crippen LogP contribution in [0.5, 0.6) is 5.75 Å². The number of hydrogen-bond acceptors (Lipinski definition) is 3. The number of carbonyl (C=O) groups is 1. The summed E-state index contributed by atoms with van der Waals surface area (Å²) < 4.78 is 5.53. The van der Waals surface area contributed by atoms with Gasteiger partial charge in [-0.2, -0.15) is 11.3 Å². The maximum absolute atomic E-state index is 12.3. The SMILES string of the molecule is CCOc1ccccc1NC(=O)NCc1ccccc1-c1ccsc1. The van der Waals surface area contributed by atoms with Crippen LogP contribution < -0.4 is 15.4 Å². The Balaban J connectivity index is 1.66. The first kappa shape index (κ1) is 17.0. The van der Waals surface area contributed by atoms with Gasteiger partial charge in [0.25, 0.3) is 0 Å². The van der Waals surface area contributed by atoms with Crippen LogP contribution in [0, 0.1) is 0 Å². The van der Waals surface area contributed by atoms with Crippen LogP contribution >= 0.6 is 11.3 Å². The molecule has 4 nitrogen and oxygen atoms in total. The number of nitrogens with one attached hydrogen (secondary N) is 2. The van der Waals surface area contributed by atoms with E-state index in [1.165, 1.54) is 5.56 Å². The third-order valence-corrected chi connectivity index (χ3v) is 4.41. The molecule has 2 aromatic carbocycles. The van der Waals surface area contributed by atoms with Crippen molar-refractivity contribution >= 4 is 23.1 Å². The molecule has 0 aliphatic carbocycles. The number of hydrogen-bond donors (Lipinski definition) is 2. The van der Waals surface area contributed by atoms with Crippen LogP contribution in [0.4, 0.5) is 10.5 Å². The maximum Gasteiger partial charge on any atom is 0.319 e. The molecular formula is C20H20N2O2S. The Kier molecular flexibility index (Phi) is 5.69. The zero-order chi connectivity index (χ0) is 17.5. The standard InChI is InChI=1S/C20H20N2O2S/c1-2-24-19-10-6-5-9-18(19)22-20(23)21-13-15-7-3-4-8-17(15)16-11-12-25-14-16/h3-12,14H,2,13H2,1H3,(H2,21,22,23). The number of thiophene rings is 1. The van der Waals surface area contributed by atoms with Crippen LogP contribution in [0.3, 0.4) is 0 Å². The van der Waals surface area contributed by atoms with Crippen molar-refractivity contribution in [3.8, 4) is 16.9 Å². The van der Waals surface area contributed by atoms with Crippen molar-refractivity contribution < 1.29 is 9.53 Å². The van der Waals surface area contributed by atoms with Gasteiger partial charge in [-0.25, -0.2) is 4.79 Å². The maximum atomic E-state index is 12.3. The lowest BCUT2D eigenvalue weighted by Gasteiger charge is -2.13. The third-order valence-electron chi connectivity index (χ3n) is 3.72. The van der Waals surface area contributed by atoms with Crippen molar-refractivity contribution in [2.24, 2.45) is 0 Å². The molecule has 0 aliphatic heterocycles. The largest absolute Gasteiger partial charge is 0.492 e. The van der Waals surface area contributed by atoms with E-state index in [0.717, 1.165) is 11.1 Å². The summed E-state index contributed by atoms with van der Waals surface area (Å²) in [6, 6.07) is 17.3. The van der Waals surface area contributed by atoms with E-state index < -0.39 is 0 Å². The lowest BCUT2D eigenvalue weighted by Crippen LogP contribution is -2.28. The lowest BCUT2D eigenvalue weighted by molar-refractivity contribution is 0.251. The number of rotatable bonds is 6. The fourth-order valence-electron chi connectivity index (χ4n) is 2.57. The highest BCUT2D eigenvalue weighted by molar-refractivity contribution is 7.08. The highest BCUT2D eigenvalue weighted by atomic mass is 32.1.